The van der Waals surface area contributed by atoms with Gasteiger partial charge in [-0.2, -0.15) is 0 Å². The molecule has 4 rings (SSSR count). The van der Waals surface area contributed by atoms with E-state index < -0.39 is 11.4 Å². The first-order valence-corrected chi connectivity index (χ1v) is 12.1. The lowest BCUT2D eigenvalue weighted by Gasteiger charge is -2.27. The molecule has 2 aromatic rings. The highest BCUT2D eigenvalue weighted by molar-refractivity contribution is 5.91. The molecule has 1 fully saturated rings. The molecule has 1 saturated carbocycles. The quantitative estimate of drug-likeness (QED) is 0.407. The molecule has 0 aliphatic heterocycles. The lowest BCUT2D eigenvalue weighted by Crippen LogP contribution is -2.39. The van der Waals surface area contributed by atoms with Crippen LogP contribution < -0.4 is 4.74 Å². The summed E-state index contributed by atoms with van der Waals surface area (Å²) in [5.41, 5.74) is 1.86. The van der Waals surface area contributed by atoms with Crippen molar-refractivity contribution in [2.24, 2.45) is 0 Å². The highest BCUT2D eigenvalue weighted by atomic mass is 16.5. The van der Waals surface area contributed by atoms with Crippen LogP contribution in [0.25, 0.3) is 0 Å². The third-order valence-electron chi connectivity index (χ3n) is 6.54. The topological polar surface area (TPSA) is 69.0 Å². The fourth-order valence-electron chi connectivity index (χ4n) is 4.51. The first-order valence-electron chi connectivity index (χ1n) is 12.1. The largest absolute Gasteiger partial charge is 0.497 e. The summed E-state index contributed by atoms with van der Waals surface area (Å²) in [5, 5.41) is 0. The molecular weight excluding hydrogens is 430 g/mol. The minimum atomic E-state index is -0.493. The Morgan fingerprint density at radius 1 is 1.09 bits per heavy atom. The lowest BCUT2D eigenvalue weighted by molar-refractivity contribution is -0.135. The van der Waals surface area contributed by atoms with Crippen LogP contribution in [-0.4, -0.2) is 37.0 Å². The second-order valence-electron chi connectivity index (χ2n) is 8.89. The van der Waals surface area contributed by atoms with E-state index in [1.165, 1.54) is 5.57 Å². The predicted molar refractivity (Wildman–Crippen MR) is 130 cm³/mol. The minimum Gasteiger partial charge on any atom is -0.497 e. The van der Waals surface area contributed by atoms with Gasteiger partial charge in [0.15, 0.2) is 0 Å². The SMILES string of the molecule is CCOC(=O)c1ccc(CN(CCCC2=CCCC=C2)C(=O)C2(c3ccc(OC)cc3)CC2)o1. The summed E-state index contributed by atoms with van der Waals surface area (Å²) in [6.07, 6.45) is 12.3. The van der Waals surface area contributed by atoms with Gasteiger partial charge in [-0.3, -0.25) is 4.79 Å². The number of nitrogens with zero attached hydrogens (tertiary/aromatic N) is 1. The van der Waals surface area contributed by atoms with E-state index in [1.807, 2.05) is 29.2 Å². The van der Waals surface area contributed by atoms with Crippen LogP contribution in [0.2, 0.25) is 0 Å². The van der Waals surface area contributed by atoms with Gasteiger partial charge in [-0.25, -0.2) is 4.79 Å². The Morgan fingerprint density at radius 2 is 1.88 bits per heavy atom. The van der Waals surface area contributed by atoms with Gasteiger partial charge in [-0.1, -0.05) is 35.9 Å². The summed E-state index contributed by atoms with van der Waals surface area (Å²) >= 11 is 0. The number of ether oxygens (including phenoxy) is 2. The smallest absolute Gasteiger partial charge is 0.374 e. The van der Waals surface area contributed by atoms with Gasteiger partial charge in [0.25, 0.3) is 0 Å². The normalized spacial score (nSPS) is 16.0. The Hall–Kier alpha value is -3.28. The number of hydrogen-bond acceptors (Lipinski definition) is 5. The van der Waals surface area contributed by atoms with E-state index in [2.05, 4.69) is 18.2 Å². The number of benzene rings is 1. The third kappa shape index (κ3) is 5.44. The summed E-state index contributed by atoms with van der Waals surface area (Å²) in [7, 11) is 1.64. The van der Waals surface area contributed by atoms with Crippen molar-refractivity contribution >= 4 is 11.9 Å². The number of carbonyl (C=O) groups excluding carboxylic acids is 2. The van der Waals surface area contributed by atoms with Crippen molar-refractivity contribution < 1.29 is 23.5 Å². The molecule has 0 saturated heterocycles. The van der Waals surface area contributed by atoms with E-state index in [-0.39, 0.29) is 18.3 Å². The standard InChI is InChI=1S/C28H33NO5/c1-3-33-26(30)25-16-15-24(34-25)20-29(19-7-10-21-8-5-4-6-9-21)27(31)28(17-18-28)22-11-13-23(32-2)14-12-22/h5,8-9,11-16H,3-4,6-7,10,17-20H2,1-2H3. The van der Waals surface area contributed by atoms with Crippen molar-refractivity contribution in [2.75, 3.05) is 20.3 Å². The van der Waals surface area contributed by atoms with Gasteiger partial charge in [0.2, 0.25) is 11.7 Å². The van der Waals surface area contributed by atoms with Gasteiger partial charge in [-0.15, -0.1) is 0 Å². The lowest BCUT2D eigenvalue weighted by atomic mass is 9.93. The molecule has 1 aromatic carbocycles. The Bertz CT molecular complexity index is 1060. The molecule has 1 amide bonds. The summed E-state index contributed by atoms with van der Waals surface area (Å²) in [4.78, 5) is 27.7. The van der Waals surface area contributed by atoms with Crippen LogP contribution in [0.15, 0.2) is 64.6 Å². The van der Waals surface area contributed by atoms with Gasteiger partial charge in [0, 0.05) is 6.54 Å². The summed E-state index contributed by atoms with van der Waals surface area (Å²) in [5.74, 6) is 1.15. The summed E-state index contributed by atoms with van der Waals surface area (Å²) in [6.45, 7) is 2.99. The molecule has 6 nitrogen and oxygen atoms in total. The Morgan fingerprint density at radius 3 is 2.53 bits per heavy atom. The molecule has 1 aromatic heterocycles. The number of carbonyl (C=O) groups is 2. The van der Waals surface area contributed by atoms with Crippen molar-refractivity contribution in [3.8, 4) is 5.75 Å². The molecule has 0 atom stereocenters. The molecule has 0 unspecified atom stereocenters. The highest BCUT2D eigenvalue weighted by Gasteiger charge is 2.53. The molecule has 0 N–H and O–H groups in total. The maximum absolute atomic E-state index is 13.8. The maximum Gasteiger partial charge on any atom is 0.374 e. The molecule has 0 bridgehead atoms. The van der Waals surface area contributed by atoms with E-state index in [4.69, 9.17) is 13.9 Å². The van der Waals surface area contributed by atoms with Gasteiger partial charge in [-0.05, 0) is 75.3 Å². The monoisotopic (exact) mass is 463 g/mol. The number of hydrogen-bond donors (Lipinski definition) is 0. The van der Waals surface area contributed by atoms with Crippen LogP contribution in [0.1, 0.15) is 67.3 Å². The van der Waals surface area contributed by atoms with Crippen LogP contribution in [0.3, 0.4) is 0 Å². The second kappa shape index (κ2) is 10.8. The zero-order valence-electron chi connectivity index (χ0n) is 20.0. The molecule has 2 aliphatic carbocycles. The van der Waals surface area contributed by atoms with E-state index in [0.717, 1.165) is 49.8 Å². The van der Waals surface area contributed by atoms with Gasteiger partial charge >= 0.3 is 5.97 Å². The molecule has 0 radical (unpaired) electrons. The molecular formula is C28H33NO5. The Kier molecular flexibility index (Phi) is 7.56. The van der Waals surface area contributed by atoms with Crippen molar-refractivity contribution in [3.63, 3.8) is 0 Å². The van der Waals surface area contributed by atoms with Crippen LogP contribution in [-0.2, 0) is 21.5 Å². The average Bonchev–Trinajstić information content (AvgIpc) is 3.55. The third-order valence-corrected chi connectivity index (χ3v) is 6.54. The number of methoxy groups -OCH3 is 1. The van der Waals surface area contributed by atoms with Crippen molar-refractivity contribution in [1.29, 1.82) is 0 Å². The Balaban J connectivity index is 1.50. The molecule has 1 heterocycles. The number of allylic oxidation sites excluding steroid dienone is 4. The van der Waals surface area contributed by atoms with E-state index in [1.54, 1.807) is 26.2 Å². The number of rotatable bonds is 11. The fraction of sp³-hybridized carbons (Fsp3) is 0.429. The zero-order valence-corrected chi connectivity index (χ0v) is 20.0. The van der Waals surface area contributed by atoms with E-state index in [9.17, 15) is 9.59 Å². The molecule has 0 spiro atoms. The zero-order chi connectivity index (χ0) is 24.0. The van der Waals surface area contributed by atoms with Gasteiger partial charge in [0.1, 0.15) is 11.5 Å². The molecule has 6 heteroatoms. The average molecular weight is 464 g/mol. The number of amides is 1. The highest BCUT2D eigenvalue weighted by Crippen LogP contribution is 2.50. The van der Waals surface area contributed by atoms with E-state index in [0.29, 0.717) is 18.8 Å². The predicted octanol–water partition coefficient (Wildman–Crippen LogP) is 5.58. The minimum absolute atomic E-state index is 0.111. The van der Waals surface area contributed by atoms with Crippen molar-refractivity contribution in [2.45, 2.75) is 57.4 Å². The number of furan rings is 1. The van der Waals surface area contributed by atoms with E-state index >= 15 is 0 Å². The first-order chi connectivity index (χ1) is 16.6. The maximum atomic E-state index is 13.8. The second-order valence-corrected chi connectivity index (χ2v) is 8.89. The van der Waals surface area contributed by atoms with Gasteiger partial charge < -0.3 is 18.8 Å². The summed E-state index contributed by atoms with van der Waals surface area (Å²) < 4.78 is 16.0. The van der Waals surface area contributed by atoms with Crippen molar-refractivity contribution in [3.05, 3.63) is 77.3 Å². The fourth-order valence-corrected chi connectivity index (χ4v) is 4.51. The van der Waals surface area contributed by atoms with Crippen LogP contribution in [0.5, 0.6) is 5.75 Å². The molecule has 34 heavy (non-hydrogen) atoms. The number of esters is 1. The van der Waals surface area contributed by atoms with Crippen molar-refractivity contribution in [1.82, 2.24) is 4.90 Å². The summed E-state index contributed by atoms with van der Waals surface area (Å²) in [6, 6.07) is 11.2. The molecule has 2 aliphatic rings. The Labute approximate surface area is 201 Å². The van der Waals surface area contributed by atoms with Crippen LogP contribution >= 0.6 is 0 Å². The molecule has 180 valence electrons. The first kappa shape index (κ1) is 23.9. The van der Waals surface area contributed by atoms with Crippen LogP contribution in [0.4, 0.5) is 0 Å². The van der Waals surface area contributed by atoms with Crippen LogP contribution in [0, 0.1) is 0 Å². The van der Waals surface area contributed by atoms with Gasteiger partial charge in [0.05, 0.1) is 25.7 Å².